The van der Waals surface area contributed by atoms with Gasteiger partial charge in [0.1, 0.15) is 5.82 Å². The Morgan fingerprint density at radius 1 is 1.10 bits per heavy atom. The Morgan fingerprint density at radius 2 is 1.76 bits per heavy atom. The Kier molecular flexibility index (Phi) is 6.36. The van der Waals surface area contributed by atoms with E-state index in [9.17, 15) is 27.2 Å². The first-order valence-electron chi connectivity index (χ1n) is 13.9. The third-order valence-corrected chi connectivity index (χ3v) is 10.3. The van der Waals surface area contributed by atoms with E-state index in [2.05, 4.69) is 46.7 Å². The van der Waals surface area contributed by atoms with Gasteiger partial charge in [0, 0.05) is 17.8 Å². The van der Waals surface area contributed by atoms with Gasteiger partial charge in [0.05, 0.1) is 17.6 Å². The van der Waals surface area contributed by atoms with Gasteiger partial charge in [-0.05, 0) is 83.5 Å². The van der Waals surface area contributed by atoms with Gasteiger partial charge < -0.3 is 4.90 Å². The van der Waals surface area contributed by atoms with E-state index in [4.69, 9.17) is 0 Å². The molecular formula is C29H31F4N7O2. The molecule has 0 radical (unpaired) electrons. The van der Waals surface area contributed by atoms with Crippen molar-refractivity contribution in [1.82, 2.24) is 25.5 Å². The average molecular weight is 586 g/mol. The molecule has 1 unspecified atom stereocenters. The number of hydrogen-bond acceptors (Lipinski definition) is 5. The number of rotatable bonds is 5. The number of nitrogens with zero attached hydrogens (tertiary/aromatic N) is 5. The Morgan fingerprint density at radius 3 is 2.33 bits per heavy atom. The minimum atomic E-state index is -4.75. The van der Waals surface area contributed by atoms with Crippen LogP contribution < -0.4 is 10.2 Å². The van der Waals surface area contributed by atoms with Crippen LogP contribution in [0, 0.1) is 22.6 Å². The summed E-state index contributed by atoms with van der Waals surface area (Å²) in [5, 5.41) is 15.5. The van der Waals surface area contributed by atoms with Crippen molar-refractivity contribution >= 4 is 23.6 Å². The number of aromatic amines is 1. The number of anilines is 2. The molecule has 3 aliphatic rings. The number of nitrogens with one attached hydrogen (secondary N) is 2. The van der Waals surface area contributed by atoms with Crippen LogP contribution in [-0.4, -0.2) is 49.5 Å². The molecule has 1 aromatic heterocycles. The molecule has 222 valence electrons. The molecule has 0 bridgehead atoms. The van der Waals surface area contributed by atoms with Gasteiger partial charge in [-0.3, -0.25) is 15.0 Å². The molecule has 2 aliphatic carbocycles. The van der Waals surface area contributed by atoms with E-state index in [0.29, 0.717) is 30.4 Å². The normalized spacial score (nSPS) is 24.5. The van der Waals surface area contributed by atoms with E-state index in [1.807, 2.05) is 0 Å². The minimum absolute atomic E-state index is 0.0306. The molecule has 2 N–H and O–H groups in total. The fourth-order valence-corrected chi connectivity index (χ4v) is 7.36. The van der Waals surface area contributed by atoms with Crippen molar-refractivity contribution in [2.75, 3.05) is 16.8 Å². The van der Waals surface area contributed by atoms with E-state index in [1.54, 1.807) is 29.2 Å². The lowest BCUT2D eigenvalue weighted by Gasteiger charge is -2.44. The maximum atomic E-state index is 14.4. The topological polar surface area (TPSA) is 107 Å². The van der Waals surface area contributed by atoms with Gasteiger partial charge in [-0.25, -0.2) is 9.18 Å². The first kappa shape index (κ1) is 28.1. The Balaban J connectivity index is 1.28. The number of urea groups is 1. The van der Waals surface area contributed by atoms with Crippen LogP contribution in [0.15, 0.2) is 42.5 Å². The number of halogens is 4. The SMILES string of the molecule is CC1C(C)(C)C12CCC1(CC2)CN(c2cc(F)cc(C(F)(F)F)c2)C(=O)N1Cc1ccc(C(=O)Nc2nn[nH]n2)cc1. The summed E-state index contributed by atoms with van der Waals surface area (Å²) in [6.07, 6.45) is -1.58. The fraction of sp³-hybridized carbons (Fsp3) is 0.483. The highest BCUT2D eigenvalue weighted by Crippen LogP contribution is 2.75. The van der Waals surface area contributed by atoms with Crippen molar-refractivity contribution in [3.05, 3.63) is 65.0 Å². The monoisotopic (exact) mass is 585 g/mol. The van der Waals surface area contributed by atoms with Gasteiger partial charge in [0.15, 0.2) is 0 Å². The first-order chi connectivity index (χ1) is 19.8. The smallest absolute Gasteiger partial charge is 0.313 e. The van der Waals surface area contributed by atoms with Crippen LogP contribution in [-0.2, 0) is 12.7 Å². The van der Waals surface area contributed by atoms with Crippen molar-refractivity contribution < 1.29 is 27.2 Å². The molecule has 6 rings (SSSR count). The third-order valence-electron chi connectivity index (χ3n) is 10.3. The third kappa shape index (κ3) is 4.49. The van der Waals surface area contributed by atoms with Crippen LogP contribution in [0.1, 0.15) is 67.9 Å². The number of aromatic nitrogens is 4. The molecule has 3 fully saturated rings. The standard InChI is InChI=1S/C29H31F4N7O2/c1-17-26(2,3)28(17)10-8-27(9-11-28)16-39(22-13-20(29(31,32)33)12-21(30)14-22)25(42)40(27)15-18-4-6-19(7-5-18)23(41)34-24-35-37-38-36-24/h4-7,12-14,17H,8-11,15-16H2,1-3H3,(H2,34,35,36,37,38,41). The summed E-state index contributed by atoms with van der Waals surface area (Å²) in [6.45, 7) is 7.14. The predicted octanol–water partition coefficient (Wildman–Crippen LogP) is 6.03. The van der Waals surface area contributed by atoms with E-state index < -0.39 is 35.0 Å². The van der Waals surface area contributed by atoms with E-state index in [1.165, 1.54) is 4.90 Å². The summed E-state index contributed by atoms with van der Waals surface area (Å²) in [7, 11) is 0. The Labute approximate surface area is 239 Å². The molecule has 2 aromatic carbocycles. The van der Waals surface area contributed by atoms with Gasteiger partial charge in [0.2, 0.25) is 0 Å². The van der Waals surface area contributed by atoms with Crippen LogP contribution in [0.4, 0.5) is 34.0 Å². The molecule has 1 aliphatic heterocycles. The molecule has 9 nitrogen and oxygen atoms in total. The molecule has 2 saturated carbocycles. The molecule has 1 saturated heterocycles. The van der Waals surface area contributed by atoms with Crippen molar-refractivity contribution in [3.8, 4) is 0 Å². The van der Waals surface area contributed by atoms with Gasteiger partial charge >= 0.3 is 12.2 Å². The second kappa shape index (κ2) is 9.50. The van der Waals surface area contributed by atoms with Crippen LogP contribution in [0.25, 0.3) is 0 Å². The summed E-state index contributed by atoms with van der Waals surface area (Å²) in [6, 6.07) is 8.49. The first-order valence-corrected chi connectivity index (χ1v) is 13.9. The van der Waals surface area contributed by atoms with Gasteiger partial charge in [0.25, 0.3) is 11.9 Å². The minimum Gasteiger partial charge on any atom is -0.313 e. The van der Waals surface area contributed by atoms with Crippen molar-refractivity contribution in [3.63, 3.8) is 0 Å². The highest BCUT2D eigenvalue weighted by Gasteiger charge is 2.70. The number of H-pyrrole nitrogens is 1. The Bertz CT molecular complexity index is 1510. The summed E-state index contributed by atoms with van der Waals surface area (Å²) in [4.78, 5) is 29.5. The number of carbonyl (C=O) groups is 2. The van der Waals surface area contributed by atoms with Crippen LogP contribution >= 0.6 is 0 Å². The molecule has 3 aromatic rings. The molecular weight excluding hydrogens is 554 g/mol. The number of carbonyl (C=O) groups excluding carboxylic acids is 2. The molecule has 42 heavy (non-hydrogen) atoms. The number of hydrogen-bond donors (Lipinski definition) is 2. The second-order valence-electron chi connectivity index (χ2n) is 12.4. The Hall–Kier alpha value is -4.03. The van der Waals surface area contributed by atoms with Crippen molar-refractivity contribution in [2.45, 2.75) is 64.7 Å². The largest absolute Gasteiger partial charge is 0.416 e. The number of alkyl halides is 3. The maximum Gasteiger partial charge on any atom is 0.416 e. The zero-order valence-corrected chi connectivity index (χ0v) is 23.4. The number of tetrazole rings is 1. The highest BCUT2D eigenvalue weighted by atomic mass is 19.4. The van der Waals surface area contributed by atoms with Crippen LogP contribution in [0.3, 0.4) is 0 Å². The zero-order valence-electron chi connectivity index (χ0n) is 23.4. The average Bonchev–Trinajstić information content (AvgIpc) is 3.35. The van der Waals surface area contributed by atoms with Gasteiger partial charge in [-0.1, -0.05) is 38.0 Å². The van der Waals surface area contributed by atoms with E-state index in [0.717, 1.165) is 30.5 Å². The van der Waals surface area contributed by atoms with E-state index >= 15 is 0 Å². The van der Waals surface area contributed by atoms with Gasteiger partial charge in [-0.15, -0.1) is 5.10 Å². The summed E-state index contributed by atoms with van der Waals surface area (Å²) in [5.74, 6) is -0.921. The zero-order chi connectivity index (χ0) is 30.1. The molecule has 1 atom stereocenters. The quantitative estimate of drug-likeness (QED) is 0.356. The summed E-state index contributed by atoms with van der Waals surface area (Å²) in [5.41, 5.74) is -0.417. The number of amides is 3. The molecule has 3 amide bonds. The summed E-state index contributed by atoms with van der Waals surface area (Å²) >= 11 is 0. The van der Waals surface area contributed by atoms with Crippen LogP contribution in [0.5, 0.6) is 0 Å². The molecule has 2 heterocycles. The maximum absolute atomic E-state index is 14.4. The van der Waals surface area contributed by atoms with Gasteiger partial charge in [-0.2, -0.15) is 18.4 Å². The molecule has 2 spiro atoms. The fourth-order valence-electron chi connectivity index (χ4n) is 7.36. The number of benzene rings is 2. The highest BCUT2D eigenvalue weighted by molar-refractivity contribution is 6.03. The molecule has 13 heteroatoms. The lowest BCUT2D eigenvalue weighted by molar-refractivity contribution is -0.137. The van der Waals surface area contributed by atoms with Crippen molar-refractivity contribution in [2.24, 2.45) is 16.7 Å². The lowest BCUT2D eigenvalue weighted by Crippen LogP contribution is -2.49. The van der Waals surface area contributed by atoms with E-state index in [-0.39, 0.29) is 35.6 Å². The van der Waals surface area contributed by atoms with Crippen molar-refractivity contribution in [1.29, 1.82) is 0 Å². The summed E-state index contributed by atoms with van der Waals surface area (Å²) < 4.78 is 54.9. The lowest BCUT2D eigenvalue weighted by atomic mass is 9.71. The van der Waals surface area contributed by atoms with Crippen LogP contribution in [0.2, 0.25) is 0 Å². The second-order valence-corrected chi connectivity index (χ2v) is 12.4. The predicted molar refractivity (Wildman–Crippen MR) is 145 cm³/mol.